The van der Waals surface area contributed by atoms with Gasteiger partial charge in [0, 0.05) is 17.5 Å². The Labute approximate surface area is 97.4 Å². The van der Waals surface area contributed by atoms with E-state index in [4.69, 9.17) is 17.3 Å². The van der Waals surface area contributed by atoms with Crippen molar-refractivity contribution in [3.63, 3.8) is 0 Å². The van der Waals surface area contributed by atoms with Crippen molar-refractivity contribution < 1.29 is 13.2 Å². The van der Waals surface area contributed by atoms with E-state index in [1.165, 1.54) is 0 Å². The molecule has 0 aliphatic heterocycles. The van der Waals surface area contributed by atoms with Crippen LogP contribution in [0.5, 0.6) is 0 Å². The molecule has 0 saturated heterocycles. The quantitative estimate of drug-likeness (QED) is 0.864. The van der Waals surface area contributed by atoms with Gasteiger partial charge in [0.1, 0.15) is 0 Å². The Morgan fingerprint density at radius 2 is 2.00 bits per heavy atom. The molecule has 0 radical (unpaired) electrons. The Balaban J connectivity index is 2.73. The molecule has 1 aromatic rings. The van der Waals surface area contributed by atoms with Gasteiger partial charge < -0.3 is 5.73 Å². The van der Waals surface area contributed by atoms with Gasteiger partial charge in [-0.1, -0.05) is 17.7 Å². The average molecular weight is 252 g/mol. The van der Waals surface area contributed by atoms with Crippen LogP contribution in [0.15, 0.2) is 18.2 Å². The lowest BCUT2D eigenvalue weighted by Gasteiger charge is -2.16. The monoisotopic (exact) mass is 251 g/mol. The molecule has 0 bridgehead atoms. The fraction of sp³-hybridized carbons (Fsp3) is 0.455. The summed E-state index contributed by atoms with van der Waals surface area (Å²) >= 11 is 5.77. The highest BCUT2D eigenvalue weighted by Gasteiger charge is 2.28. The minimum absolute atomic E-state index is 0.120. The highest BCUT2D eigenvalue weighted by molar-refractivity contribution is 6.30. The lowest BCUT2D eigenvalue weighted by molar-refractivity contribution is -0.136. The van der Waals surface area contributed by atoms with Gasteiger partial charge in [0.2, 0.25) is 0 Å². The zero-order chi connectivity index (χ0) is 12.3. The molecule has 90 valence electrons. The molecule has 0 aliphatic carbocycles. The Hall–Kier alpha value is -0.740. The summed E-state index contributed by atoms with van der Waals surface area (Å²) in [6, 6.07) is 4.44. The molecular weight excluding hydrogens is 239 g/mol. The number of nitrogens with two attached hydrogens (primary N) is 1. The van der Waals surface area contributed by atoms with Gasteiger partial charge in [-0.05, 0) is 36.6 Å². The number of rotatable bonds is 3. The van der Waals surface area contributed by atoms with E-state index in [0.29, 0.717) is 10.6 Å². The largest absolute Gasteiger partial charge is 0.389 e. The molecule has 0 spiro atoms. The lowest BCUT2D eigenvalue weighted by atomic mass is 9.98. The average Bonchev–Trinajstić information content (AvgIpc) is 2.17. The van der Waals surface area contributed by atoms with Crippen molar-refractivity contribution in [3.05, 3.63) is 34.3 Å². The Morgan fingerprint density at radius 3 is 2.56 bits per heavy atom. The van der Waals surface area contributed by atoms with Crippen molar-refractivity contribution in [1.29, 1.82) is 0 Å². The standard InChI is InChI=1S/C11H13ClF3N/c1-7-2-3-8(12)6-9(7)10(16)4-5-11(13,14)15/h2-3,6,10H,4-5,16H2,1H3. The summed E-state index contributed by atoms with van der Waals surface area (Å²) in [7, 11) is 0. The second-order valence-electron chi connectivity index (χ2n) is 3.76. The molecule has 0 aliphatic rings. The Bertz CT molecular complexity index is 363. The molecule has 16 heavy (non-hydrogen) atoms. The fourth-order valence-electron chi connectivity index (χ4n) is 1.49. The SMILES string of the molecule is Cc1ccc(Cl)cc1C(N)CCC(F)(F)F. The number of alkyl halides is 3. The highest BCUT2D eigenvalue weighted by atomic mass is 35.5. The predicted molar refractivity (Wildman–Crippen MR) is 58.4 cm³/mol. The summed E-state index contributed by atoms with van der Waals surface area (Å²) in [5.41, 5.74) is 7.25. The van der Waals surface area contributed by atoms with Crippen molar-refractivity contribution >= 4 is 11.6 Å². The number of benzene rings is 1. The topological polar surface area (TPSA) is 26.0 Å². The van der Waals surface area contributed by atoms with E-state index >= 15 is 0 Å². The molecule has 1 atom stereocenters. The molecular formula is C11H13ClF3N. The van der Waals surface area contributed by atoms with E-state index in [2.05, 4.69) is 0 Å². The first-order valence-corrected chi connectivity index (χ1v) is 5.26. The molecule has 0 amide bonds. The van der Waals surface area contributed by atoms with Gasteiger partial charge in [0.05, 0.1) is 0 Å². The molecule has 1 unspecified atom stereocenters. The van der Waals surface area contributed by atoms with Crippen LogP contribution in [0.4, 0.5) is 13.2 Å². The maximum atomic E-state index is 12.0. The number of aryl methyl sites for hydroxylation is 1. The van der Waals surface area contributed by atoms with Crippen LogP contribution < -0.4 is 5.73 Å². The zero-order valence-electron chi connectivity index (χ0n) is 8.81. The third kappa shape index (κ3) is 4.02. The normalized spacial score (nSPS) is 13.9. The van der Waals surface area contributed by atoms with Crippen LogP contribution >= 0.6 is 11.6 Å². The van der Waals surface area contributed by atoms with E-state index < -0.39 is 18.6 Å². The summed E-state index contributed by atoms with van der Waals surface area (Å²) in [6.07, 6.45) is -5.16. The third-order valence-electron chi connectivity index (χ3n) is 2.38. The summed E-state index contributed by atoms with van der Waals surface area (Å²) in [4.78, 5) is 0. The van der Waals surface area contributed by atoms with Crippen LogP contribution in [-0.4, -0.2) is 6.18 Å². The molecule has 2 N–H and O–H groups in total. The minimum Gasteiger partial charge on any atom is -0.324 e. The molecule has 5 heteroatoms. The van der Waals surface area contributed by atoms with Crippen LogP contribution in [-0.2, 0) is 0 Å². The lowest BCUT2D eigenvalue weighted by Crippen LogP contribution is -2.16. The summed E-state index contributed by atoms with van der Waals surface area (Å²) in [6.45, 7) is 1.80. The van der Waals surface area contributed by atoms with Crippen LogP contribution in [0.25, 0.3) is 0 Å². The predicted octanol–water partition coefficient (Wildman–Crippen LogP) is 3.99. The minimum atomic E-state index is -4.16. The van der Waals surface area contributed by atoms with Crippen molar-refractivity contribution in [2.45, 2.75) is 32.0 Å². The second-order valence-corrected chi connectivity index (χ2v) is 4.20. The van der Waals surface area contributed by atoms with Gasteiger partial charge in [-0.3, -0.25) is 0 Å². The Morgan fingerprint density at radius 1 is 1.38 bits per heavy atom. The second kappa shape index (κ2) is 5.06. The van der Waals surface area contributed by atoms with Crippen molar-refractivity contribution in [2.75, 3.05) is 0 Å². The van der Waals surface area contributed by atoms with E-state index in [1.807, 2.05) is 0 Å². The molecule has 0 saturated carbocycles. The van der Waals surface area contributed by atoms with Crippen molar-refractivity contribution in [2.24, 2.45) is 5.73 Å². The Kier molecular flexibility index (Phi) is 4.21. The molecule has 1 nitrogen and oxygen atoms in total. The van der Waals surface area contributed by atoms with Gasteiger partial charge in [-0.2, -0.15) is 13.2 Å². The van der Waals surface area contributed by atoms with E-state index in [1.54, 1.807) is 25.1 Å². The van der Waals surface area contributed by atoms with Gasteiger partial charge in [0.25, 0.3) is 0 Å². The van der Waals surface area contributed by atoms with Gasteiger partial charge in [-0.25, -0.2) is 0 Å². The van der Waals surface area contributed by atoms with Gasteiger partial charge >= 0.3 is 6.18 Å². The first-order chi connectivity index (χ1) is 7.29. The van der Waals surface area contributed by atoms with E-state index in [-0.39, 0.29) is 6.42 Å². The highest BCUT2D eigenvalue weighted by Crippen LogP contribution is 2.28. The number of halogens is 4. The maximum absolute atomic E-state index is 12.0. The van der Waals surface area contributed by atoms with E-state index in [0.717, 1.165) is 5.56 Å². The summed E-state index contributed by atoms with van der Waals surface area (Å²) in [5, 5.41) is 0.489. The zero-order valence-corrected chi connectivity index (χ0v) is 9.57. The van der Waals surface area contributed by atoms with Crippen LogP contribution in [0.3, 0.4) is 0 Å². The van der Waals surface area contributed by atoms with Crippen LogP contribution in [0.2, 0.25) is 5.02 Å². The molecule has 1 rings (SSSR count). The van der Waals surface area contributed by atoms with Crippen molar-refractivity contribution in [1.82, 2.24) is 0 Å². The third-order valence-corrected chi connectivity index (χ3v) is 2.61. The summed E-state index contributed by atoms with van der Waals surface area (Å²) in [5.74, 6) is 0. The summed E-state index contributed by atoms with van der Waals surface area (Å²) < 4.78 is 36.1. The molecule has 0 aromatic heterocycles. The molecule has 0 heterocycles. The van der Waals surface area contributed by atoms with Gasteiger partial charge in [-0.15, -0.1) is 0 Å². The van der Waals surface area contributed by atoms with E-state index in [9.17, 15) is 13.2 Å². The molecule has 1 aromatic carbocycles. The van der Waals surface area contributed by atoms with Crippen LogP contribution in [0, 0.1) is 6.92 Å². The van der Waals surface area contributed by atoms with Crippen LogP contribution in [0.1, 0.15) is 30.0 Å². The first kappa shape index (κ1) is 13.3. The number of hydrogen-bond acceptors (Lipinski definition) is 1. The smallest absolute Gasteiger partial charge is 0.324 e. The number of hydrogen-bond donors (Lipinski definition) is 1. The fourth-order valence-corrected chi connectivity index (χ4v) is 1.67. The molecule has 0 fully saturated rings. The van der Waals surface area contributed by atoms with Gasteiger partial charge in [0.15, 0.2) is 0 Å². The maximum Gasteiger partial charge on any atom is 0.389 e. The first-order valence-electron chi connectivity index (χ1n) is 4.88. The van der Waals surface area contributed by atoms with Crippen molar-refractivity contribution in [3.8, 4) is 0 Å².